The fraction of sp³-hybridized carbons (Fsp3) is 0.130. The summed E-state index contributed by atoms with van der Waals surface area (Å²) in [6.07, 6.45) is 1.57. The van der Waals surface area contributed by atoms with Crippen LogP contribution in [0.25, 0.3) is 0 Å². The van der Waals surface area contributed by atoms with Crippen LogP contribution in [0.5, 0.6) is 11.5 Å². The highest BCUT2D eigenvalue weighted by atomic mass is 79.9. The topological polar surface area (TPSA) is 59.9 Å². The number of nitrogens with zero attached hydrogens (tertiary/aromatic N) is 1. The van der Waals surface area contributed by atoms with Crippen LogP contribution in [0.1, 0.15) is 28.4 Å². The third-order valence-electron chi connectivity index (χ3n) is 4.02. The van der Waals surface area contributed by atoms with Crippen molar-refractivity contribution in [2.75, 3.05) is 6.61 Å². The lowest BCUT2D eigenvalue weighted by Crippen LogP contribution is -2.17. The minimum Gasteiger partial charge on any atom is -0.494 e. The molecule has 6 heteroatoms. The lowest BCUT2D eigenvalue weighted by atomic mass is 10.2. The maximum Gasteiger partial charge on any atom is 0.271 e. The zero-order valence-electron chi connectivity index (χ0n) is 16.0. The van der Waals surface area contributed by atoms with E-state index in [4.69, 9.17) is 9.47 Å². The van der Waals surface area contributed by atoms with Gasteiger partial charge in [0.1, 0.15) is 18.1 Å². The van der Waals surface area contributed by atoms with Crippen LogP contribution in [0.3, 0.4) is 0 Å². The Morgan fingerprint density at radius 1 is 1.00 bits per heavy atom. The van der Waals surface area contributed by atoms with Gasteiger partial charge in [0.15, 0.2) is 0 Å². The smallest absolute Gasteiger partial charge is 0.271 e. The number of carbonyl (C=O) groups is 1. The Kier molecular flexibility index (Phi) is 7.41. The molecular formula is C23H21BrN2O3. The molecule has 0 heterocycles. The molecule has 0 spiro atoms. The minimum atomic E-state index is -0.294. The average Bonchev–Trinajstić information content (AvgIpc) is 2.75. The van der Waals surface area contributed by atoms with Gasteiger partial charge < -0.3 is 9.47 Å². The van der Waals surface area contributed by atoms with E-state index in [1.54, 1.807) is 30.5 Å². The van der Waals surface area contributed by atoms with E-state index < -0.39 is 0 Å². The van der Waals surface area contributed by atoms with Crippen molar-refractivity contribution in [1.29, 1.82) is 0 Å². The van der Waals surface area contributed by atoms with Gasteiger partial charge in [0.05, 0.1) is 12.8 Å². The van der Waals surface area contributed by atoms with Crippen molar-refractivity contribution in [3.05, 3.63) is 94.0 Å². The minimum absolute atomic E-state index is 0.294. The van der Waals surface area contributed by atoms with E-state index in [0.717, 1.165) is 21.3 Å². The van der Waals surface area contributed by atoms with Crippen LogP contribution < -0.4 is 14.9 Å². The van der Waals surface area contributed by atoms with Crippen molar-refractivity contribution >= 4 is 28.1 Å². The molecular weight excluding hydrogens is 432 g/mol. The summed E-state index contributed by atoms with van der Waals surface area (Å²) in [5.41, 5.74) is 4.87. The summed E-state index contributed by atoms with van der Waals surface area (Å²) in [5.74, 6) is 1.12. The van der Waals surface area contributed by atoms with Crippen molar-refractivity contribution in [3.8, 4) is 11.5 Å². The number of benzene rings is 3. The van der Waals surface area contributed by atoms with Gasteiger partial charge >= 0.3 is 0 Å². The summed E-state index contributed by atoms with van der Waals surface area (Å²) in [7, 11) is 0. The number of carbonyl (C=O) groups excluding carboxylic acids is 1. The van der Waals surface area contributed by atoms with E-state index in [0.29, 0.717) is 24.5 Å². The molecule has 1 N–H and O–H groups in total. The zero-order valence-corrected chi connectivity index (χ0v) is 17.6. The summed E-state index contributed by atoms with van der Waals surface area (Å²) < 4.78 is 12.3. The van der Waals surface area contributed by atoms with Gasteiger partial charge in [-0.15, -0.1) is 0 Å². The summed E-state index contributed by atoms with van der Waals surface area (Å²) in [6, 6.07) is 22.4. The van der Waals surface area contributed by atoms with Gasteiger partial charge in [-0.05, 0) is 61.0 Å². The predicted molar refractivity (Wildman–Crippen MR) is 118 cm³/mol. The number of amides is 1. The molecule has 0 atom stereocenters. The quantitative estimate of drug-likeness (QED) is 0.377. The largest absolute Gasteiger partial charge is 0.494 e. The second-order valence-electron chi connectivity index (χ2n) is 6.11. The standard InChI is InChI=1S/C23H21BrN2O3/c1-2-28-21-13-9-18(10-14-21)23(27)26-25-15-19-5-3-4-6-22(19)29-16-17-7-11-20(24)12-8-17/h3-15H,2,16H2,1H3,(H,26,27)/b25-15-. The Bertz CT molecular complexity index is 970. The Hall–Kier alpha value is -3.12. The second-order valence-corrected chi connectivity index (χ2v) is 7.03. The molecule has 0 unspecified atom stereocenters. The van der Waals surface area contributed by atoms with Crippen LogP contribution in [0.2, 0.25) is 0 Å². The first-order chi connectivity index (χ1) is 14.2. The molecule has 0 bridgehead atoms. The third kappa shape index (κ3) is 6.19. The molecule has 148 valence electrons. The van der Waals surface area contributed by atoms with Gasteiger partial charge in [-0.2, -0.15) is 5.10 Å². The molecule has 0 aromatic heterocycles. The summed E-state index contributed by atoms with van der Waals surface area (Å²) in [5, 5.41) is 4.06. The van der Waals surface area contributed by atoms with Gasteiger partial charge in [-0.25, -0.2) is 5.43 Å². The van der Waals surface area contributed by atoms with Crippen LogP contribution in [0.15, 0.2) is 82.4 Å². The number of halogens is 1. The average molecular weight is 453 g/mol. The van der Waals surface area contributed by atoms with Crippen LogP contribution >= 0.6 is 15.9 Å². The Morgan fingerprint density at radius 3 is 2.45 bits per heavy atom. The van der Waals surface area contributed by atoms with Gasteiger partial charge in [0.25, 0.3) is 5.91 Å². The number of hydrogen-bond donors (Lipinski definition) is 1. The molecule has 0 radical (unpaired) electrons. The van der Waals surface area contributed by atoms with Crippen LogP contribution in [-0.4, -0.2) is 18.7 Å². The molecule has 3 aromatic rings. The number of hydrogen-bond acceptors (Lipinski definition) is 4. The number of para-hydroxylation sites is 1. The lowest BCUT2D eigenvalue weighted by molar-refractivity contribution is 0.0955. The number of nitrogens with one attached hydrogen (secondary N) is 1. The molecule has 0 aliphatic carbocycles. The fourth-order valence-corrected chi connectivity index (χ4v) is 2.82. The summed E-state index contributed by atoms with van der Waals surface area (Å²) in [4.78, 5) is 12.2. The summed E-state index contributed by atoms with van der Waals surface area (Å²) >= 11 is 3.42. The van der Waals surface area contributed by atoms with Crippen LogP contribution in [0.4, 0.5) is 0 Å². The van der Waals surface area contributed by atoms with Crippen molar-refractivity contribution in [2.24, 2.45) is 5.10 Å². The number of ether oxygens (including phenoxy) is 2. The van der Waals surface area contributed by atoms with E-state index in [9.17, 15) is 4.79 Å². The number of hydrazone groups is 1. The normalized spacial score (nSPS) is 10.7. The van der Waals surface area contributed by atoms with E-state index in [1.165, 1.54) is 0 Å². The lowest BCUT2D eigenvalue weighted by Gasteiger charge is -2.09. The molecule has 0 saturated carbocycles. The first-order valence-corrected chi connectivity index (χ1v) is 9.97. The monoisotopic (exact) mass is 452 g/mol. The van der Waals surface area contributed by atoms with Crippen LogP contribution in [0, 0.1) is 0 Å². The Morgan fingerprint density at radius 2 is 1.72 bits per heavy atom. The molecule has 5 nitrogen and oxygen atoms in total. The fourth-order valence-electron chi connectivity index (χ4n) is 2.55. The first kappa shape index (κ1) is 20.6. The maximum absolute atomic E-state index is 12.2. The summed E-state index contributed by atoms with van der Waals surface area (Å²) in [6.45, 7) is 2.94. The van der Waals surface area contributed by atoms with E-state index in [1.807, 2.05) is 55.5 Å². The van der Waals surface area contributed by atoms with Gasteiger partial charge in [-0.1, -0.05) is 40.2 Å². The molecule has 29 heavy (non-hydrogen) atoms. The highest BCUT2D eigenvalue weighted by Crippen LogP contribution is 2.18. The maximum atomic E-state index is 12.2. The molecule has 1 amide bonds. The Labute approximate surface area is 178 Å². The molecule has 0 aliphatic heterocycles. The van der Waals surface area contributed by atoms with Crippen molar-refractivity contribution in [3.63, 3.8) is 0 Å². The van der Waals surface area contributed by atoms with E-state index >= 15 is 0 Å². The third-order valence-corrected chi connectivity index (χ3v) is 4.55. The van der Waals surface area contributed by atoms with Crippen LogP contribution in [-0.2, 0) is 6.61 Å². The molecule has 3 rings (SSSR count). The zero-order chi connectivity index (χ0) is 20.5. The van der Waals surface area contributed by atoms with Gasteiger partial charge in [0.2, 0.25) is 0 Å². The van der Waals surface area contributed by atoms with Crippen molar-refractivity contribution < 1.29 is 14.3 Å². The highest BCUT2D eigenvalue weighted by molar-refractivity contribution is 9.10. The molecule has 3 aromatic carbocycles. The molecule has 0 fully saturated rings. The van der Waals surface area contributed by atoms with Gasteiger partial charge in [-0.3, -0.25) is 4.79 Å². The van der Waals surface area contributed by atoms with Gasteiger partial charge in [0, 0.05) is 15.6 Å². The van der Waals surface area contributed by atoms with Crippen molar-refractivity contribution in [1.82, 2.24) is 5.43 Å². The Balaban J connectivity index is 1.60. The SMILES string of the molecule is CCOc1ccc(C(=O)N/N=C\c2ccccc2OCc2ccc(Br)cc2)cc1. The molecule has 0 saturated heterocycles. The first-order valence-electron chi connectivity index (χ1n) is 9.18. The molecule has 0 aliphatic rings. The predicted octanol–water partition coefficient (Wildman–Crippen LogP) is 5.19. The van der Waals surface area contributed by atoms with E-state index in [-0.39, 0.29) is 5.91 Å². The number of rotatable bonds is 8. The van der Waals surface area contributed by atoms with E-state index in [2.05, 4.69) is 26.5 Å². The van der Waals surface area contributed by atoms with Crippen molar-refractivity contribution in [2.45, 2.75) is 13.5 Å². The highest BCUT2D eigenvalue weighted by Gasteiger charge is 2.05. The second kappa shape index (κ2) is 10.4.